The summed E-state index contributed by atoms with van der Waals surface area (Å²) in [5, 5.41) is 0. The molecule has 0 saturated heterocycles. The third-order valence-corrected chi connectivity index (χ3v) is 3.41. The quantitative estimate of drug-likeness (QED) is 0.836. The zero-order valence-corrected chi connectivity index (χ0v) is 10.7. The van der Waals surface area contributed by atoms with Gasteiger partial charge in [-0.3, -0.25) is 0 Å². The minimum Gasteiger partial charge on any atom is -0.497 e. The highest BCUT2D eigenvalue weighted by atomic mass is 19.1. The Labute approximate surface area is 111 Å². The number of rotatable bonds is 3. The molecule has 1 aliphatic rings. The predicted octanol–water partition coefficient (Wildman–Crippen LogP) is 3.69. The van der Waals surface area contributed by atoms with E-state index in [1.165, 1.54) is 0 Å². The second-order valence-electron chi connectivity index (χ2n) is 4.60. The molecule has 0 aromatic heterocycles. The Balaban J connectivity index is 1.88. The zero-order valence-electron chi connectivity index (χ0n) is 10.7. The lowest BCUT2D eigenvalue weighted by Crippen LogP contribution is -1.95. The molecule has 1 aliphatic heterocycles. The van der Waals surface area contributed by atoms with E-state index < -0.39 is 6.17 Å². The van der Waals surface area contributed by atoms with Crippen LogP contribution in [-0.2, 0) is 6.42 Å². The van der Waals surface area contributed by atoms with Crippen molar-refractivity contribution >= 4 is 0 Å². The van der Waals surface area contributed by atoms with E-state index in [2.05, 4.69) is 0 Å². The smallest absolute Gasteiger partial charge is 0.150 e. The normalized spacial score (nSPS) is 14.6. The van der Waals surface area contributed by atoms with E-state index in [1.54, 1.807) is 37.4 Å². The summed E-state index contributed by atoms with van der Waals surface area (Å²) in [4.78, 5) is 0. The Morgan fingerprint density at radius 1 is 1.11 bits per heavy atom. The van der Waals surface area contributed by atoms with Gasteiger partial charge >= 0.3 is 0 Å². The molecule has 1 unspecified atom stereocenters. The number of hydrogen-bond donors (Lipinski definition) is 0. The molecule has 3 heteroatoms. The Kier molecular flexibility index (Phi) is 3.11. The van der Waals surface area contributed by atoms with E-state index in [-0.39, 0.29) is 0 Å². The molecule has 2 aromatic rings. The van der Waals surface area contributed by atoms with Crippen LogP contribution in [0.2, 0.25) is 0 Å². The number of fused-ring (bicyclic) bond motifs is 1. The average Bonchev–Trinajstić information content (AvgIpc) is 2.94. The third-order valence-electron chi connectivity index (χ3n) is 3.41. The summed E-state index contributed by atoms with van der Waals surface area (Å²) in [5.41, 5.74) is 2.41. The number of halogens is 1. The number of hydrogen-bond acceptors (Lipinski definition) is 2. The summed E-state index contributed by atoms with van der Waals surface area (Å²) in [6.45, 7) is 0.693. The van der Waals surface area contributed by atoms with Crippen molar-refractivity contribution in [1.29, 1.82) is 0 Å². The fourth-order valence-electron chi connectivity index (χ4n) is 2.33. The topological polar surface area (TPSA) is 18.5 Å². The van der Waals surface area contributed by atoms with Crippen LogP contribution in [0.1, 0.15) is 22.9 Å². The van der Waals surface area contributed by atoms with Crippen LogP contribution in [-0.4, -0.2) is 13.7 Å². The second kappa shape index (κ2) is 4.92. The molecule has 1 atom stereocenters. The number of methoxy groups -OCH3 is 1. The van der Waals surface area contributed by atoms with Crippen molar-refractivity contribution in [2.75, 3.05) is 13.7 Å². The first-order chi connectivity index (χ1) is 9.28. The molecular formula is C16H15FO2. The highest BCUT2D eigenvalue weighted by Gasteiger charge is 2.17. The molecule has 0 radical (unpaired) electrons. The van der Waals surface area contributed by atoms with Crippen LogP contribution in [0.5, 0.6) is 11.5 Å². The summed E-state index contributed by atoms with van der Waals surface area (Å²) in [7, 11) is 1.60. The SMILES string of the molecule is COc1ccc(C(F)c2ccc3c(c2)CCO3)cc1. The summed E-state index contributed by atoms with van der Waals surface area (Å²) in [5.74, 6) is 1.61. The number of alkyl halides is 1. The van der Waals surface area contributed by atoms with Gasteiger partial charge in [0.25, 0.3) is 0 Å². The van der Waals surface area contributed by atoms with Gasteiger partial charge in [0.1, 0.15) is 11.5 Å². The highest BCUT2D eigenvalue weighted by molar-refractivity contribution is 5.43. The Hall–Kier alpha value is -2.03. The van der Waals surface area contributed by atoms with E-state index in [9.17, 15) is 4.39 Å². The molecule has 0 fully saturated rings. The zero-order chi connectivity index (χ0) is 13.2. The summed E-state index contributed by atoms with van der Waals surface area (Å²) in [6, 6.07) is 12.6. The van der Waals surface area contributed by atoms with Crippen LogP contribution in [0.25, 0.3) is 0 Å². The molecule has 0 aliphatic carbocycles. The van der Waals surface area contributed by atoms with E-state index >= 15 is 0 Å². The maximum absolute atomic E-state index is 14.5. The fourth-order valence-corrected chi connectivity index (χ4v) is 2.33. The Morgan fingerprint density at radius 2 is 1.84 bits per heavy atom. The van der Waals surface area contributed by atoms with Crippen LogP contribution >= 0.6 is 0 Å². The maximum atomic E-state index is 14.5. The van der Waals surface area contributed by atoms with Crippen LogP contribution < -0.4 is 9.47 Å². The Bertz CT molecular complexity index is 578. The van der Waals surface area contributed by atoms with Gasteiger partial charge in [-0.15, -0.1) is 0 Å². The lowest BCUT2D eigenvalue weighted by molar-refractivity contribution is 0.356. The maximum Gasteiger partial charge on any atom is 0.150 e. The van der Waals surface area contributed by atoms with Gasteiger partial charge in [-0.1, -0.05) is 18.2 Å². The van der Waals surface area contributed by atoms with Crippen LogP contribution in [0.3, 0.4) is 0 Å². The molecule has 98 valence electrons. The van der Waals surface area contributed by atoms with Crippen LogP contribution in [0.15, 0.2) is 42.5 Å². The van der Waals surface area contributed by atoms with Gasteiger partial charge in [-0.2, -0.15) is 0 Å². The molecule has 2 aromatic carbocycles. The number of ether oxygens (including phenoxy) is 2. The molecule has 0 saturated carbocycles. The first kappa shape index (κ1) is 12.0. The van der Waals surface area contributed by atoms with Gasteiger partial charge in [0.15, 0.2) is 6.17 Å². The molecule has 1 heterocycles. The van der Waals surface area contributed by atoms with Crippen LogP contribution in [0, 0.1) is 0 Å². The Morgan fingerprint density at radius 3 is 2.58 bits per heavy atom. The fraction of sp³-hybridized carbons (Fsp3) is 0.250. The van der Waals surface area contributed by atoms with Crippen LogP contribution in [0.4, 0.5) is 4.39 Å². The predicted molar refractivity (Wildman–Crippen MR) is 71.6 cm³/mol. The van der Waals surface area contributed by atoms with Crippen molar-refractivity contribution in [3.05, 3.63) is 59.2 Å². The van der Waals surface area contributed by atoms with Crippen molar-refractivity contribution in [2.45, 2.75) is 12.6 Å². The molecule has 19 heavy (non-hydrogen) atoms. The highest BCUT2D eigenvalue weighted by Crippen LogP contribution is 2.32. The van der Waals surface area contributed by atoms with Gasteiger partial charge < -0.3 is 9.47 Å². The van der Waals surface area contributed by atoms with Crippen molar-refractivity contribution < 1.29 is 13.9 Å². The molecule has 0 bridgehead atoms. The third kappa shape index (κ3) is 2.28. The lowest BCUT2D eigenvalue weighted by Gasteiger charge is -2.11. The lowest BCUT2D eigenvalue weighted by atomic mass is 10.00. The molecule has 3 rings (SSSR count). The van der Waals surface area contributed by atoms with E-state index in [1.807, 2.05) is 12.1 Å². The van der Waals surface area contributed by atoms with Crippen molar-refractivity contribution in [2.24, 2.45) is 0 Å². The van der Waals surface area contributed by atoms with Gasteiger partial charge in [0.2, 0.25) is 0 Å². The molecule has 0 spiro atoms. The van der Waals surface area contributed by atoms with E-state index in [0.29, 0.717) is 17.7 Å². The van der Waals surface area contributed by atoms with Crippen molar-refractivity contribution in [3.63, 3.8) is 0 Å². The minimum absolute atomic E-state index is 0.639. The largest absolute Gasteiger partial charge is 0.497 e. The van der Waals surface area contributed by atoms with E-state index in [0.717, 1.165) is 23.5 Å². The van der Waals surface area contributed by atoms with Gasteiger partial charge in [-0.25, -0.2) is 4.39 Å². The molecule has 0 amide bonds. The molecular weight excluding hydrogens is 243 g/mol. The first-order valence-corrected chi connectivity index (χ1v) is 6.31. The first-order valence-electron chi connectivity index (χ1n) is 6.31. The van der Waals surface area contributed by atoms with E-state index in [4.69, 9.17) is 9.47 Å². The van der Waals surface area contributed by atoms with Crippen molar-refractivity contribution in [3.8, 4) is 11.5 Å². The summed E-state index contributed by atoms with van der Waals surface area (Å²) in [6.07, 6.45) is -0.254. The number of benzene rings is 2. The van der Waals surface area contributed by atoms with Gasteiger partial charge in [-0.05, 0) is 41.0 Å². The summed E-state index contributed by atoms with van der Waals surface area (Å²) >= 11 is 0. The molecule has 0 N–H and O–H groups in total. The van der Waals surface area contributed by atoms with Gasteiger partial charge in [0, 0.05) is 6.42 Å². The monoisotopic (exact) mass is 258 g/mol. The standard InChI is InChI=1S/C16H15FO2/c1-18-14-5-2-11(3-6-14)16(17)13-4-7-15-12(10-13)8-9-19-15/h2-7,10,16H,8-9H2,1H3. The second-order valence-corrected chi connectivity index (χ2v) is 4.60. The molecule has 2 nitrogen and oxygen atoms in total. The average molecular weight is 258 g/mol. The minimum atomic E-state index is -1.11. The summed E-state index contributed by atoms with van der Waals surface area (Å²) < 4.78 is 25.0. The van der Waals surface area contributed by atoms with Gasteiger partial charge in [0.05, 0.1) is 13.7 Å². The van der Waals surface area contributed by atoms with Crippen molar-refractivity contribution in [1.82, 2.24) is 0 Å².